The van der Waals surface area contributed by atoms with E-state index in [0.29, 0.717) is 6.42 Å². The fourth-order valence-corrected chi connectivity index (χ4v) is 1.37. The molecule has 0 spiro atoms. The standard InChI is InChI=1S/C11H21N3O4/c1-6(2)5-8(10(16)17)13-7(3)9(15)14-11(18)12-4/h6-8,13H,5H2,1-4H3,(H,16,17)(H2,12,14,15,18). The van der Waals surface area contributed by atoms with Crippen LogP contribution < -0.4 is 16.0 Å². The molecule has 0 saturated carbocycles. The molecule has 0 aromatic rings. The van der Waals surface area contributed by atoms with Crippen LogP contribution in [-0.2, 0) is 9.59 Å². The lowest BCUT2D eigenvalue weighted by Crippen LogP contribution is -2.52. The van der Waals surface area contributed by atoms with Crippen molar-refractivity contribution in [2.24, 2.45) is 5.92 Å². The Kier molecular flexibility index (Phi) is 6.96. The van der Waals surface area contributed by atoms with E-state index >= 15 is 0 Å². The van der Waals surface area contributed by atoms with Crippen molar-refractivity contribution < 1.29 is 19.5 Å². The van der Waals surface area contributed by atoms with Crippen molar-refractivity contribution in [2.45, 2.75) is 39.3 Å². The van der Waals surface area contributed by atoms with Crippen molar-refractivity contribution in [2.75, 3.05) is 7.05 Å². The summed E-state index contributed by atoms with van der Waals surface area (Å²) in [7, 11) is 1.39. The highest BCUT2D eigenvalue weighted by Gasteiger charge is 2.24. The van der Waals surface area contributed by atoms with Crippen molar-refractivity contribution in [3.05, 3.63) is 0 Å². The van der Waals surface area contributed by atoms with Gasteiger partial charge in [-0.25, -0.2) is 4.79 Å². The number of carbonyl (C=O) groups is 3. The summed E-state index contributed by atoms with van der Waals surface area (Å²) >= 11 is 0. The summed E-state index contributed by atoms with van der Waals surface area (Å²) in [6.45, 7) is 5.30. The summed E-state index contributed by atoms with van der Waals surface area (Å²) < 4.78 is 0. The molecule has 0 saturated heterocycles. The second-order valence-corrected chi connectivity index (χ2v) is 4.48. The summed E-state index contributed by atoms with van der Waals surface area (Å²) in [6, 6.07) is -2.19. The van der Waals surface area contributed by atoms with Crippen molar-refractivity contribution in [1.29, 1.82) is 0 Å². The molecule has 2 atom stereocenters. The third kappa shape index (κ3) is 6.19. The van der Waals surface area contributed by atoms with Crippen molar-refractivity contribution in [3.8, 4) is 0 Å². The first-order valence-electron chi connectivity index (χ1n) is 5.79. The van der Waals surface area contributed by atoms with Gasteiger partial charge in [0.25, 0.3) is 0 Å². The second kappa shape index (κ2) is 7.65. The molecule has 0 aliphatic carbocycles. The number of carboxylic acids is 1. The average Bonchev–Trinajstić information content (AvgIpc) is 2.26. The molecule has 0 rings (SSSR count). The van der Waals surface area contributed by atoms with Crippen LogP contribution in [0.3, 0.4) is 0 Å². The molecule has 0 aliphatic rings. The minimum absolute atomic E-state index is 0.188. The molecule has 0 radical (unpaired) electrons. The molecule has 104 valence electrons. The zero-order chi connectivity index (χ0) is 14.3. The van der Waals surface area contributed by atoms with E-state index < -0.39 is 30.0 Å². The zero-order valence-corrected chi connectivity index (χ0v) is 11.1. The molecular weight excluding hydrogens is 238 g/mol. The van der Waals surface area contributed by atoms with Crippen molar-refractivity contribution in [1.82, 2.24) is 16.0 Å². The molecule has 0 heterocycles. The van der Waals surface area contributed by atoms with Crippen LogP contribution in [0, 0.1) is 5.92 Å². The molecule has 7 nitrogen and oxygen atoms in total. The first-order valence-corrected chi connectivity index (χ1v) is 5.79. The lowest BCUT2D eigenvalue weighted by atomic mass is 10.0. The molecule has 3 amide bonds. The van der Waals surface area contributed by atoms with E-state index in [1.807, 2.05) is 13.8 Å². The zero-order valence-electron chi connectivity index (χ0n) is 11.1. The van der Waals surface area contributed by atoms with E-state index in [2.05, 4.69) is 16.0 Å². The minimum atomic E-state index is -1.01. The number of urea groups is 1. The lowest BCUT2D eigenvalue weighted by Gasteiger charge is -2.20. The van der Waals surface area contributed by atoms with Gasteiger partial charge in [0, 0.05) is 7.05 Å². The van der Waals surface area contributed by atoms with Crippen molar-refractivity contribution in [3.63, 3.8) is 0 Å². The molecule has 0 fully saturated rings. The molecule has 0 aromatic carbocycles. The van der Waals surface area contributed by atoms with Crippen LogP contribution in [0.1, 0.15) is 27.2 Å². The fraction of sp³-hybridized carbons (Fsp3) is 0.727. The maximum atomic E-state index is 11.5. The van der Waals surface area contributed by atoms with E-state index in [-0.39, 0.29) is 5.92 Å². The molecular formula is C11H21N3O4. The normalized spacial score (nSPS) is 13.8. The highest BCUT2D eigenvalue weighted by molar-refractivity contribution is 5.96. The summed E-state index contributed by atoms with van der Waals surface area (Å²) in [5.74, 6) is -1.39. The number of hydrogen-bond donors (Lipinski definition) is 4. The summed E-state index contributed by atoms with van der Waals surface area (Å²) in [5.41, 5.74) is 0. The Bertz CT molecular complexity index is 317. The summed E-state index contributed by atoms with van der Waals surface area (Å²) in [5, 5.41) is 16.0. The minimum Gasteiger partial charge on any atom is -0.480 e. The van der Waals surface area contributed by atoms with E-state index in [0.717, 1.165) is 0 Å². The van der Waals surface area contributed by atoms with E-state index in [4.69, 9.17) is 5.11 Å². The molecule has 18 heavy (non-hydrogen) atoms. The Morgan fingerprint density at radius 2 is 1.72 bits per heavy atom. The topological polar surface area (TPSA) is 108 Å². The van der Waals surface area contributed by atoms with E-state index in [1.165, 1.54) is 14.0 Å². The first-order chi connectivity index (χ1) is 8.27. The molecule has 2 unspecified atom stereocenters. The third-order valence-corrected chi connectivity index (χ3v) is 2.31. The van der Waals surface area contributed by atoms with Gasteiger partial charge in [0.1, 0.15) is 6.04 Å². The quantitative estimate of drug-likeness (QED) is 0.533. The Hall–Kier alpha value is -1.63. The van der Waals surface area contributed by atoms with Gasteiger partial charge in [-0.05, 0) is 19.3 Å². The van der Waals surface area contributed by atoms with Gasteiger partial charge < -0.3 is 10.4 Å². The van der Waals surface area contributed by atoms with E-state index in [9.17, 15) is 14.4 Å². The molecule has 0 aromatic heterocycles. The number of imide groups is 1. The Labute approximate surface area is 106 Å². The van der Waals surface area contributed by atoms with Crippen LogP contribution in [0.4, 0.5) is 4.79 Å². The SMILES string of the molecule is CNC(=O)NC(=O)C(C)NC(CC(C)C)C(=O)O. The average molecular weight is 259 g/mol. The number of rotatable bonds is 6. The molecule has 7 heteroatoms. The lowest BCUT2D eigenvalue weighted by molar-refractivity contribution is -0.140. The summed E-state index contributed by atoms with van der Waals surface area (Å²) in [4.78, 5) is 33.5. The van der Waals surface area contributed by atoms with Gasteiger partial charge in [0.2, 0.25) is 5.91 Å². The molecule has 0 aliphatic heterocycles. The van der Waals surface area contributed by atoms with Crippen LogP contribution >= 0.6 is 0 Å². The number of hydrogen-bond acceptors (Lipinski definition) is 4. The van der Waals surface area contributed by atoms with Gasteiger partial charge in [-0.3, -0.25) is 20.2 Å². The van der Waals surface area contributed by atoms with Gasteiger partial charge in [0.15, 0.2) is 0 Å². The van der Waals surface area contributed by atoms with Gasteiger partial charge in [-0.1, -0.05) is 13.8 Å². The number of nitrogens with one attached hydrogen (secondary N) is 3. The second-order valence-electron chi connectivity index (χ2n) is 4.48. The van der Waals surface area contributed by atoms with E-state index in [1.54, 1.807) is 0 Å². The van der Waals surface area contributed by atoms with Gasteiger partial charge in [-0.2, -0.15) is 0 Å². The first kappa shape index (κ1) is 16.4. The predicted octanol–water partition coefficient (Wildman–Crippen LogP) is -0.0806. The highest BCUT2D eigenvalue weighted by atomic mass is 16.4. The number of carbonyl (C=O) groups excluding carboxylic acids is 2. The van der Waals surface area contributed by atoms with Gasteiger partial charge in [-0.15, -0.1) is 0 Å². The number of carboxylic acid groups (broad SMARTS) is 1. The Morgan fingerprint density at radius 1 is 1.17 bits per heavy atom. The number of aliphatic carboxylic acids is 1. The molecule has 0 bridgehead atoms. The third-order valence-electron chi connectivity index (χ3n) is 2.31. The monoisotopic (exact) mass is 259 g/mol. The maximum absolute atomic E-state index is 11.5. The maximum Gasteiger partial charge on any atom is 0.321 e. The van der Waals surface area contributed by atoms with Crippen LogP contribution in [0.5, 0.6) is 0 Å². The number of amides is 3. The van der Waals surface area contributed by atoms with Gasteiger partial charge >= 0.3 is 12.0 Å². The van der Waals surface area contributed by atoms with Crippen LogP contribution in [-0.4, -0.2) is 42.1 Å². The predicted molar refractivity (Wildman–Crippen MR) is 66.1 cm³/mol. The van der Waals surface area contributed by atoms with Crippen LogP contribution in [0.25, 0.3) is 0 Å². The smallest absolute Gasteiger partial charge is 0.321 e. The largest absolute Gasteiger partial charge is 0.480 e. The van der Waals surface area contributed by atoms with Crippen LogP contribution in [0.15, 0.2) is 0 Å². The van der Waals surface area contributed by atoms with Gasteiger partial charge in [0.05, 0.1) is 6.04 Å². The van der Waals surface area contributed by atoms with Crippen LogP contribution in [0.2, 0.25) is 0 Å². The Morgan fingerprint density at radius 3 is 2.11 bits per heavy atom. The highest BCUT2D eigenvalue weighted by Crippen LogP contribution is 2.05. The fourth-order valence-electron chi connectivity index (χ4n) is 1.37. The molecule has 4 N–H and O–H groups in total. The summed E-state index contributed by atoms with van der Waals surface area (Å²) in [6.07, 6.45) is 0.410. The van der Waals surface area contributed by atoms with Crippen molar-refractivity contribution >= 4 is 17.9 Å². The Balaban J connectivity index is 4.40.